The third-order valence-corrected chi connectivity index (χ3v) is 7.21. The first-order valence-corrected chi connectivity index (χ1v) is 11.7. The van der Waals surface area contributed by atoms with Gasteiger partial charge in [0.1, 0.15) is 6.07 Å². The number of hydrogen-bond donors (Lipinski definition) is 1. The minimum Gasteiger partial charge on any atom is -0.440 e. The molecule has 2 aliphatic rings. The zero-order valence-corrected chi connectivity index (χ0v) is 18.7. The molecule has 3 aromatic rings. The van der Waals surface area contributed by atoms with Crippen LogP contribution in [0.5, 0.6) is 0 Å². The molecule has 0 aliphatic heterocycles. The topological polar surface area (TPSA) is 83.9 Å². The van der Waals surface area contributed by atoms with Crippen molar-refractivity contribution in [1.82, 2.24) is 9.55 Å². The van der Waals surface area contributed by atoms with Gasteiger partial charge < -0.3 is 14.3 Å². The van der Waals surface area contributed by atoms with E-state index in [-0.39, 0.29) is 17.4 Å². The first-order valence-electron chi connectivity index (χ1n) is 11.7. The van der Waals surface area contributed by atoms with Crippen LogP contribution in [0, 0.1) is 16.7 Å². The molecular formula is C27H28N4O2. The number of carbonyl (C=O) groups is 1. The van der Waals surface area contributed by atoms with E-state index in [1.54, 1.807) is 6.20 Å². The Hall–Kier alpha value is -3.59. The monoisotopic (exact) mass is 440 g/mol. The van der Waals surface area contributed by atoms with E-state index in [1.807, 2.05) is 24.7 Å². The highest BCUT2D eigenvalue weighted by molar-refractivity contribution is 6.04. The highest BCUT2D eigenvalue weighted by Crippen LogP contribution is 2.50. The average Bonchev–Trinajstić information content (AvgIpc) is 3.61. The third kappa shape index (κ3) is 4.63. The van der Waals surface area contributed by atoms with Crippen molar-refractivity contribution in [2.45, 2.75) is 57.9 Å². The number of carbonyl (C=O) groups excluding carboxylic acids is 1. The Labute approximate surface area is 193 Å². The summed E-state index contributed by atoms with van der Waals surface area (Å²) in [7, 11) is 0. The Morgan fingerprint density at radius 1 is 1.21 bits per heavy atom. The summed E-state index contributed by atoms with van der Waals surface area (Å²) >= 11 is 0. The van der Waals surface area contributed by atoms with Crippen molar-refractivity contribution in [3.8, 4) is 6.07 Å². The summed E-state index contributed by atoms with van der Waals surface area (Å²) in [5.74, 6) is -0.0659. The number of nitrogens with one attached hydrogen (secondary N) is 1. The summed E-state index contributed by atoms with van der Waals surface area (Å²) in [6, 6.07) is 11.3. The van der Waals surface area contributed by atoms with Crippen molar-refractivity contribution in [3.63, 3.8) is 0 Å². The fourth-order valence-corrected chi connectivity index (χ4v) is 5.27. The largest absolute Gasteiger partial charge is 0.440 e. The first-order chi connectivity index (χ1) is 16.1. The van der Waals surface area contributed by atoms with Crippen LogP contribution in [0.1, 0.15) is 72.4 Å². The van der Waals surface area contributed by atoms with Gasteiger partial charge in [-0.05, 0) is 79.3 Å². The van der Waals surface area contributed by atoms with Crippen LogP contribution in [0.15, 0.2) is 59.5 Å². The van der Waals surface area contributed by atoms with Gasteiger partial charge in [0.05, 0.1) is 6.33 Å². The number of aryl methyl sites for hydroxylation is 2. The SMILES string of the molecule is N#Cc1ccc(C(=O)Nc2ccc(CCn3ccnc3)cc2C2=CCC3(CCCC3)CC2)o1. The molecule has 1 N–H and O–H groups in total. The van der Waals surface area contributed by atoms with E-state index in [2.05, 4.69) is 33.1 Å². The van der Waals surface area contributed by atoms with Gasteiger partial charge in [0.25, 0.3) is 5.91 Å². The third-order valence-electron chi connectivity index (χ3n) is 7.21. The quantitative estimate of drug-likeness (QED) is 0.512. The van der Waals surface area contributed by atoms with Crippen LogP contribution in [0.2, 0.25) is 0 Å². The van der Waals surface area contributed by atoms with E-state index in [9.17, 15) is 4.79 Å². The van der Waals surface area contributed by atoms with E-state index < -0.39 is 0 Å². The Kier molecular flexibility index (Phi) is 5.87. The molecule has 1 amide bonds. The van der Waals surface area contributed by atoms with E-state index in [0.717, 1.165) is 37.1 Å². The number of aromatic nitrogens is 2. The molecule has 0 unspecified atom stereocenters. The average molecular weight is 441 g/mol. The van der Waals surface area contributed by atoms with Gasteiger partial charge in [0.2, 0.25) is 5.76 Å². The summed E-state index contributed by atoms with van der Waals surface area (Å²) in [6.07, 6.45) is 17.6. The number of anilines is 1. The van der Waals surface area contributed by atoms with Crippen molar-refractivity contribution in [1.29, 1.82) is 5.26 Å². The van der Waals surface area contributed by atoms with Gasteiger partial charge in [-0.2, -0.15) is 5.26 Å². The number of hydrogen-bond acceptors (Lipinski definition) is 4. The maximum Gasteiger partial charge on any atom is 0.291 e. The molecule has 0 bridgehead atoms. The van der Waals surface area contributed by atoms with Crippen LogP contribution in [-0.2, 0) is 13.0 Å². The van der Waals surface area contributed by atoms with Gasteiger partial charge in [0, 0.05) is 30.2 Å². The summed E-state index contributed by atoms with van der Waals surface area (Å²) < 4.78 is 7.39. The maximum absolute atomic E-state index is 12.8. The lowest BCUT2D eigenvalue weighted by atomic mass is 9.72. The Balaban J connectivity index is 1.41. The normalized spacial score (nSPS) is 17.0. The lowest BCUT2D eigenvalue weighted by Crippen LogP contribution is -2.19. The van der Waals surface area contributed by atoms with Crippen molar-refractivity contribution in [2.75, 3.05) is 5.32 Å². The molecule has 2 aliphatic carbocycles. The lowest BCUT2D eigenvalue weighted by Gasteiger charge is -2.33. The minimum atomic E-state index is -0.340. The fourth-order valence-electron chi connectivity index (χ4n) is 5.27. The summed E-state index contributed by atoms with van der Waals surface area (Å²) in [6.45, 7) is 0.858. The number of nitrogens with zero attached hydrogens (tertiary/aromatic N) is 3. The van der Waals surface area contributed by atoms with E-state index >= 15 is 0 Å². The molecule has 1 aromatic carbocycles. The maximum atomic E-state index is 12.8. The zero-order chi connectivity index (χ0) is 22.7. The molecule has 5 rings (SSSR count). The number of imidazole rings is 1. The van der Waals surface area contributed by atoms with Gasteiger partial charge in [0.15, 0.2) is 5.76 Å². The molecule has 33 heavy (non-hydrogen) atoms. The number of benzene rings is 1. The molecule has 6 heteroatoms. The number of furan rings is 1. The van der Waals surface area contributed by atoms with E-state index in [1.165, 1.54) is 55.4 Å². The standard InChI is InChI=1S/C27H28N4O2/c28-18-22-4-6-25(33-22)26(32)30-24-5-3-20(9-15-31-16-14-29-19-31)17-23(24)21-7-12-27(13-8-21)10-1-2-11-27/h3-7,14,16-17,19H,1-2,8-13,15H2,(H,30,32). The van der Waals surface area contributed by atoms with E-state index in [0.29, 0.717) is 5.41 Å². The molecule has 1 spiro atoms. The van der Waals surface area contributed by atoms with Crippen molar-refractivity contribution < 1.29 is 9.21 Å². The molecule has 168 valence electrons. The molecule has 2 heterocycles. The van der Waals surface area contributed by atoms with Crippen LogP contribution in [0.3, 0.4) is 0 Å². The van der Waals surface area contributed by atoms with Crippen LogP contribution in [-0.4, -0.2) is 15.5 Å². The predicted octanol–water partition coefficient (Wildman–Crippen LogP) is 5.97. The van der Waals surface area contributed by atoms with Crippen molar-refractivity contribution in [2.24, 2.45) is 5.41 Å². The summed E-state index contributed by atoms with van der Waals surface area (Å²) in [4.78, 5) is 16.9. The second-order valence-electron chi connectivity index (χ2n) is 9.30. The Morgan fingerprint density at radius 3 is 2.79 bits per heavy atom. The predicted molar refractivity (Wildman–Crippen MR) is 126 cm³/mol. The summed E-state index contributed by atoms with van der Waals surface area (Å²) in [5, 5.41) is 12.0. The van der Waals surface area contributed by atoms with Crippen LogP contribution < -0.4 is 5.32 Å². The second kappa shape index (κ2) is 9.11. The van der Waals surface area contributed by atoms with E-state index in [4.69, 9.17) is 9.68 Å². The fraction of sp³-hybridized carbons (Fsp3) is 0.370. The molecule has 0 radical (unpaired) electrons. The van der Waals surface area contributed by atoms with Crippen LogP contribution in [0.25, 0.3) is 5.57 Å². The first kappa shape index (κ1) is 21.3. The molecule has 1 fully saturated rings. The zero-order valence-electron chi connectivity index (χ0n) is 18.7. The van der Waals surface area contributed by atoms with Crippen molar-refractivity contribution in [3.05, 3.63) is 77.8 Å². The molecule has 1 saturated carbocycles. The van der Waals surface area contributed by atoms with Crippen LogP contribution >= 0.6 is 0 Å². The molecule has 0 saturated heterocycles. The van der Waals surface area contributed by atoms with Gasteiger partial charge in [-0.15, -0.1) is 0 Å². The van der Waals surface area contributed by atoms with Gasteiger partial charge in [-0.25, -0.2) is 4.98 Å². The highest BCUT2D eigenvalue weighted by Gasteiger charge is 2.35. The Morgan fingerprint density at radius 2 is 2.09 bits per heavy atom. The van der Waals surface area contributed by atoms with Crippen LogP contribution in [0.4, 0.5) is 5.69 Å². The smallest absolute Gasteiger partial charge is 0.291 e. The number of rotatable bonds is 6. The number of nitriles is 1. The summed E-state index contributed by atoms with van der Waals surface area (Å²) in [5.41, 5.74) is 4.91. The van der Waals surface area contributed by atoms with Gasteiger partial charge >= 0.3 is 0 Å². The molecule has 2 aromatic heterocycles. The Bertz CT molecular complexity index is 1210. The highest BCUT2D eigenvalue weighted by atomic mass is 16.3. The number of amides is 1. The molecular weight excluding hydrogens is 412 g/mol. The number of allylic oxidation sites excluding steroid dienone is 2. The van der Waals surface area contributed by atoms with Gasteiger partial charge in [-0.1, -0.05) is 25.0 Å². The van der Waals surface area contributed by atoms with Crippen molar-refractivity contribution >= 4 is 17.2 Å². The second-order valence-corrected chi connectivity index (χ2v) is 9.30. The molecule has 6 nitrogen and oxygen atoms in total. The van der Waals surface area contributed by atoms with Gasteiger partial charge in [-0.3, -0.25) is 4.79 Å². The molecule has 0 atom stereocenters. The minimum absolute atomic E-state index is 0.132. The lowest BCUT2D eigenvalue weighted by molar-refractivity contribution is 0.0996.